The lowest BCUT2D eigenvalue weighted by Crippen LogP contribution is -2.31. The van der Waals surface area contributed by atoms with E-state index in [9.17, 15) is 0 Å². The Balaban J connectivity index is 2.83. The van der Waals surface area contributed by atoms with Crippen molar-refractivity contribution in [3.8, 4) is 0 Å². The molecule has 0 heterocycles. The van der Waals surface area contributed by atoms with Crippen molar-refractivity contribution in [1.29, 1.82) is 0 Å². The van der Waals surface area contributed by atoms with Gasteiger partial charge in [-0.15, -0.1) is 0 Å². The molecule has 1 aromatic rings. The highest BCUT2D eigenvalue weighted by Gasteiger charge is 2.19. The molecule has 0 atom stereocenters. The average Bonchev–Trinajstić information content (AvgIpc) is 2.36. The van der Waals surface area contributed by atoms with Gasteiger partial charge in [0.05, 0.1) is 16.4 Å². The third kappa shape index (κ3) is 5.04. The molecule has 0 radical (unpaired) electrons. The molecule has 0 amide bonds. The van der Waals surface area contributed by atoms with E-state index in [-0.39, 0.29) is 5.41 Å². The zero-order valence-corrected chi connectivity index (χ0v) is 15.2. The maximum atomic E-state index is 6.09. The second-order valence-corrected chi connectivity index (χ2v) is 6.72. The molecule has 0 unspecified atom stereocenters. The number of halogens is 2. The summed E-state index contributed by atoms with van der Waals surface area (Å²) in [4.78, 5) is 0. The molecule has 0 saturated heterocycles. The zero-order chi connectivity index (χ0) is 15.3. The maximum Gasteiger partial charge on any atom is 0.193 e. The van der Waals surface area contributed by atoms with Gasteiger partial charge in [0.25, 0.3) is 0 Å². The fourth-order valence-electron chi connectivity index (χ4n) is 1.36. The largest absolute Gasteiger partial charge is 0.330 e. The van der Waals surface area contributed by atoms with Crippen LogP contribution in [0.4, 0.5) is 5.69 Å². The van der Waals surface area contributed by atoms with Gasteiger partial charge in [0.2, 0.25) is 0 Å². The van der Waals surface area contributed by atoms with Crippen molar-refractivity contribution in [2.24, 2.45) is 10.5 Å². The quantitative estimate of drug-likeness (QED) is 0.356. The van der Waals surface area contributed by atoms with Crippen molar-refractivity contribution in [1.82, 2.24) is 5.01 Å². The lowest BCUT2D eigenvalue weighted by Gasteiger charge is -2.24. The third-order valence-electron chi connectivity index (χ3n) is 2.67. The molecule has 0 saturated carbocycles. The minimum Gasteiger partial charge on any atom is -0.330 e. The Bertz CT molecular complexity index is 511. The van der Waals surface area contributed by atoms with E-state index in [1.807, 2.05) is 31.3 Å². The lowest BCUT2D eigenvalue weighted by molar-refractivity contribution is 0.515. The van der Waals surface area contributed by atoms with Gasteiger partial charge in [-0.3, -0.25) is 0 Å². The fourth-order valence-corrected chi connectivity index (χ4v) is 2.65. The Kier molecular flexibility index (Phi) is 6.43. The van der Waals surface area contributed by atoms with E-state index >= 15 is 0 Å². The second kappa shape index (κ2) is 7.38. The van der Waals surface area contributed by atoms with Crippen LogP contribution in [0, 0.1) is 5.41 Å². The van der Waals surface area contributed by atoms with E-state index in [1.54, 1.807) is 5.01 Å². The summed E-state index contributed by atoms with van der Waals surface area (Å²) in [6.07, 6.45) is 0. The van der Waals surface area contributed by atoms with Crippen molar-refractivity contribution in [2.75, 3.05) is 17.7 Å². The number of nitrogens with one attached hydrogen (secondary N) is 1. The minimum absolute atomic E-state index is 0.0161. The number of anilines is 1. The summed E-state index contributed by atoms with van der Waals surface area (Å²) in [5, 5.41) is 11.1. The topological polar surface area (TPSA) is 27.6 Å². The van der Waals surface area contributed by atoms with Gasteiger partial charge < -0.3 is 5.32 Å². The van der Waals surface area contributed by atoms with E-state index in [0.717, 1.165) is 11.4 Å². The Morgan fingerprint density at radius 2 is 2.00 bits per heavy atom. The molecule has 1 N–H and O–H groups in total. The number of alkyl halides is 1. The van der Waals surface area contributed by atoms with Crippen LogP contribution in [0.15, 0.2) is 29.4 Å². The fraction of sp³-hybridized carbons (Fsp3) is 0.429. The van der Waals surface area contributed by atoms with Crippen LogP contribution < -0.4 is 5.32 Å². The molecule has 0 aliphatic heterocycles. The molecule has 6 heteroatoms. The van der Waals surface area contributed by atoms with Crippen molar-refractivity contribution in [2.45, 2.75) is 20.8 Å². The molecular weight excluding hydrogens is 358 g/mol. The van der Waals surface area contributed by atoms with Crippen LogP contribution in [-0.4, -0.2) is 28.2 Å². The van der Waals surface area contributed by atoms with Gasteiger partial charge in [-0.05, 0) is 24.4 Å². The normalized spacial score (nSPS) is 12.2. The first-order chi connectivity index (χ1) is 9.25. The molecule has 0 spiro atoms. The molecule has 1 aromatic carbocycles. The number of nitrogens with zero attached hydrogens (tertiary/aromatic N) is 2. The highest BCUT2D eigenvalue weighted by atomic mass is 79.9. The summed E-state index contributed by atoms with van der Waals surface area (Å²) in [6, 6.07) is 7.47. The van der Waals surface area contributed by atoms with Gasteiger partial charge in [-0.2, -0.15) is 5.10 Å². The molecule has 3 nitrogen and oxygen atoms in total. The first-order valence-corrected chi connectivity index (χ1v) is 8.09. The van der Waals surface area contributed by atoms with Gasteiger partial charge in [0.1, 0.15) is 0 Å². The number of thiocarbonyl (C=S) groups is 1. The molecule has 0 aliphatic rings. The SMILES string of the molecule is CN(N=C(CBr)C(C)(C)C)C(=S)Nc1ccccc1Cl. The minimum atomic E-state index is -0.0161. The van der Waals surface area contributed by atoms with Gasteiger partial charge in [-0.25, -0.2) is 5.01 Å². The Morgan fingerprint density at radius 1 is 1.40 bits per heavy atom. The van der Waals surface area contributed by atoms with Crippen LogP contribution in [0.3, 0.4) is 0 Å². The van der Waals surface area contributed by atoms with Gasteiger partial charge in [0, 0.05) is 17.8 Å². The van der Waals surface area contributed by atoms with Gasteiger partial charge >= 0.3 is 0 Å². The number of rotatable bonds is 3. The first kappa shape index (κ1) is 17.4. The number of hydrogen-bond acceptors (Lipinski definition) is 2. The summed E-state index contributed by atoms with van der Waals surface area (Å²) >= 11 is 14.9. The van der Waals surface area contributed by atoms with Crippen LogP contribution in [0.25, 0.3) is 0 Å². The monoisotopic (exact) mass is 375 g/mol. The van der Waals surface area contributed by atoms with E-state index in [2.05, 4.69) is 47.1 Å². The molecule has 0 fully saturated rings. The molecule has 20 heavy (non-hydrogen) atoms. The highest BCUT2D eigenvalue weighted by Crippen LogP contribution is 2.21. The van der Waals surface area contributed by atoms with Crippen molar-refractivity contribution in [3.63, 3.8) is 0 Å². The molecule has 1 rings (SSSR count). The molecular formula is C14H19BrClN3S. The van der Waals surface area contributed by atoms with E-state index in [4.69, 9.17) is 23.8 Å². The van der Waals surface area contributed by atoms with Crippen molar-refractivity contribution >= 4 is 56.3 Å². The Labute approximate surface area is 139 Å². The predicted molar refractivity (Wildman–Crippen MR) is 96.1 cm³/mol. The zero-order valence-electron chi connectivity index (χ0n) is 12.1. The van der Waals surface area contributed by atoms with E-state index < -0.39 is 0 Å². The summed E-state index contributed by atoms with van der Waals surface area (Å²) in [5.74, 6) is 0. The number of hydrazone groups is 1. The number of hydrogen-bond donors (Lipinski definition) is 1. The first-order valence-electron chi connectivity index (χ1n) is 6.19. The van der Waals surface area contributed by atoms with Crippen LogP contribution >= 0.6 is 39.7 Å². The van der Waals surface area contributed by atoms with Crippen LogP contribution in [0.2, 0.25) is 5.02 Å². The van der Waals surface area contributed by atoms with Crippen LogP contribution in [0.5, 0.6) is 0 Å². The van der Waals surface area contributed by atoms with Gasteiger partial charge in [-0.1, -0.05) is 60.4 Å². The number of benzene rings is 1. The molecule has 0 bridgehead atoms. The molecule has 110 valence electrons. The summed E-state index contributed by atoms with van der Waals surface area (Å²) in [5.41, 5.74) is 1.78. The van der Waals surface area contributed by atoms with Crippen molar-refractivity contribution in [3.05, 3.63) is 29.3 Å². The van der Waals surface area contributed by atoms with Gasteiger partial charge in [0.15, 0.2) is 5.11 Å². The standard InChI is InChI=1S/C14H19BrClN3S/c1-14(2,3)12(9-15)18-19(4)13(20)17-11-8-6-5-7-10(11)16/h5-8H,9H2,1-4H3,(H,17,20). The summed E-state index contributed by atoms with van der Waals surface area (Å²) < 4.78 is 0. The van der Waals surface area contributed by atoms with Crippen LogP contribution in [-0.2, 0) is 0 Å². The summed E-state index contributed by atoms with van der Waals surface area (Å²) in [7, 11) is 1.82. The molecule has 0 aliphatic carbocycles. The Hall–Kier alpha value is -0.650. The van der Waals surface area contributed by atoms with Crippen molar-refractivity contribution < 1.29 is 0 Å². The highest BCUT2D eigenvalue weighted by molar-refractivity contribution is 9.09. The maximum absolute atomic E-state index is 6.09. The smallest absolute Gasteiger partial charge is 0.193 e. The predicted octanol–water partition coefficient (Wildman–Crippen LogP) is 4.77. The second-order valence-electron chi connectivity index (χ2n) is 5.36. The molecule has 0 aromatic heterocycles. The third-order valence-corrected chi connectivity index (χ3v) is 3.90. The van der Waals surface area contributed by atoms with E-state index in [1.165, 1.54) is 0 Å². The summed E-state index contributed by atoms with van der Waals surface area (Å²) in [6.45, 7) is 6.35. The van der Waals surface area contributed by atoms with E-state index in [0.29, 0.717) is 15.5 Å². The number of para-hydroxylation sites is 1. The average molecular weight is 377 g/mol. The lowest BCUT2D eigenvalue weighted by atomic mass is 9.91. The Morgan fingerprint density at radius 3 is 2.50 bits per heavy atom. The van der Waals surface area contributed by atoms with Crippen LogP contribution in [0.1, 0.15) is 20.8 Å².